The van der Waals surface area contributed by atoms with Crippen molar-refractivity contribution in [1.82, 2.24) is 0 Å². The third kappa shape index (κ3) is 78.5. The summed E-state index contributed by atoms with van der Waals surface area (Å²) >= 11 is 0. The molecule has 0 bridgehead atoms. The maximum atomic E-state index is 13.1. The van der Waals surface area contributed by atoms with Gasteiger partial charge in [0.05, 0.1) is 26.4 Å². The maximum absolute atomic E-state index is 13.1. The van der Waals surface area contributed by atoms with Gasteiger partial charge < -0.3 is 33.8 Å². The van der Waals surface area contributed by atoms with E-state index in [2.05, 4.69) is 41.5 Å². The first-order valence-electron chi connectivity index (χ1n) is 44.5. The number of hydrogen-bond donors (Lipinski definition) is 3. The number of aliphatic hydroxyl groups excluding tert-OH is 1. The lowest BCUT2D eigenvalue weighted by molar-refractivity contribution is -0.161. The predicted molar refractivity (Wildman–Crippen MR) is 432 cm³/mol. The third-order valence-electron chi connectivity index (χ3n) is 20.6. The number of hydrogen-bond acceptors (Lipinski definition) is 15. The molecule has 0 aromatic carbocycles. The minimum atomic E-state index is -4.96. The van der Waals surface area contributed by atoms with Crippen molar-refractivity contribution < 1.29 is 80.2 Å². The van der Waals surface area contributed by atoms with Crippen molar-refractivity contribution in [3.05, 3.63) is 0 Å². The summed E-state index contributed by atoms with van der Waals surface area (Å²) in [5.74, 6) is -0.434. The summed E-state index contributed by atoms with van der Waals surface area (Å²) in [4.78, 5) is 73.1. The minimum absolute atomic E-state index is 0.109. The Hall–Kier alpha value is -1.94. The van der Waals surface area contributed by atoms with Crippen molar-refractivity contribution in [1.29, 1.82) is 0 Å². The highest BCUT2D eigenvalue weighted by molar-refractivity contribution is 7.47. The average molecular weight is 1540 g/mol. The van der Waals surface area contributed by atoms with E-state index in [0.29, 0.717) is 25.7 Å². The smallest absolute Gasteiger partial charge is 0.462 e. The van der Waals surface area contributed by atoms with E-state index in [4.69, 9.17) is 37.0 Å². The summed E-state index contributed by atoms with van der Waals surface area (Å²) in [6.07, 6.45) is 69.5. The van der Waals surface area contributed by atoms with Crippen LogP contribution in [0, 0.1) is 11.8 Å². The molecule has 0 radical (unpaired) electrons. The van der Waals surface area contributed by atoms with Gasteiger partial charge in [0.25, 0.3) is 0 Å². The van der Waals surface area contributed by atoms with Gasteiger partial charge in [-0.2, -0.15) is 0 Å². The molecule has 3 unspecified atom stereocenters. The first-order valence-corrected chi connectivity index (χ1v) is 47.5. The van der Waals surface area contributed by atoms with Crippen LogP contribution in [0.3, 0.4) is 0 Å². The van der Waals surface area contributed by atoms with Gasteiger partial charge in [0.1, 0.15) is 19.3 Å². The van der Waals surface area contributed by atoms with Crippen LogP contribution in [0.2, 0.25) is 0 Å². The molecule has 0 aromatic rings. The van der Waals surface area contributed by atoms with Gasteiger partial charge >= 0.3 is 39.5 Å². The number of phosphoric ester groups is 2. The van der Waals surface area contributed by atoms with E-state index >= 15 is 0 Å². The third-order valence-corrected chi connectivity index (χ3v) is 22.5. The molecule has 0 heterocycles. The summed E-state index contributed by atoms with van der Waals surface area (Å²) in [6.45, 7) is 9.74. The van der Waals surface area contributed by atoms with Crippen LogP contribution in [0.25, 0.3) is 0 Å². The molecule has 19 heteroatoms. The van der Waals surface area contributed by atoms with Gasteiger partial charge in [-0.15, -0.1) is 0 Å². The fraction of sp³-hybridized carbons (Fsp3) is 0.953. The topological polar surface area (TPSA) is 237 Å². The molecule has 0 saturated heterocycles. The van der Waals surface area contributed by atoms with Gasteiger partial charge in [0.2, 0.25) is 0 Å². The lowest BCUT2D eigenvalue weighted by Crippen LogP contribution is -2.30. The van der Waals surface area contributed by atoms with Crippen molar-refractivity contribution in [3.63, 3.8) is 0 Å². The molecule has 0 saturated carbocycles. The fourth-order valence-corrected chi connectivity index (χ4v) is 15.0. The van der Waals surface area contributed by atoms with Crippen LogP contribution in [0.1, 0.15) is 459 Å². The van der Waals surface area contributed by atoms with Crippen molar-refractivity contribution in [3.8, 4) is 0 Å². The second kappa shape index (κ2) is 77.4. The summed E-state index contributed by atoms with van der Waals surface area (Å²) in [7, 11) is -9.92. The van der Waals surface area contributed by atoms with Crippen molar-refractivity contribution >= 4 is 39.5 Å². The predicted octanol–water partition coefficient (Wildman–Crippen LogP) is 26.2. The molecule has 17 nitrogen and oxygen atoms in total. The Balaban J connectivity index is 5.19. The SMILES string of the molecule is CCCCCCCCCCCCCCCCCCCCC(=O)O[C@H](COC(=O)CCCCCCCCCC)COP(=O)(O)OC[C@H](O)COP(=O)(O)OC[C@@H](COC(=O)CCCCCCCCCCCCCCCCC(C)CC)OC(=O)CCCCCCCCCCCCCCCCCCCCC(C)C. The minimum Gasteiger partial charge on any atom is -0.462 e. The largest absolute Gasteiger partial charge is 0.472 e. The Kier molecular flexibility index (Phi) is 76.0. The van der Waals surface area contributed by atoms with E-state index in [0.717, 1.165) is 108 Å². The number of aliphatic hydroxyl groups is 1. The number of carbonyl (C=O) groups is 4. The van der Waals surface area contributed by atoms with Crippen LogP contribution in [0.4, 0.5) is 0 Å². The summed E-state index contributed by atoms with van der Waals surface area (Å²) in [5.41, 5.74) is 0. The standard InChI is InChI=1S/C86H168O17P2/c1-7-10-12-14-16-18-19-20-21-22-26-29-36-41-46-52-58-64-70-85(90)102-81(74-96-83(88)68-62-56-50-17-15-13-11-8-2)76-100-104(92,93)98-72-80(87)73-99-105(94,95)101-77-82(75-97-84(89)69-63-57-51-45-40-35-32-31-34-39-44-49-55-61-67-79(6)9-3)103-86(91)71-65-59-53-47-42-37-30-27-24-23-25-28-33-38-43-48-54-60-66-78(4)5/h78-82,87H,7-77H2,1-6H3,(H,92,93)(H,94,95)/t79?,80-,81+,82+/m0/s1. The van der Waals surface area contributed by atoms with Crippen molar-refractivity contribution in [2.75, 3.05) is 39.6 Å². The molecular weight excluding hydrogens is 1370 g/mol. The lowest BCUT2D eigenvalue weighted by Gasteiger charge is -2.21. The Morgan fingerprint density at radius 3 is 0.724 bits per heavy atom. The van der Waals surface area contributed by atoms with Crippen LogP contribution >= 0.6 is 15.6 Å². The van der Waals surface area contributed by atoms with Gasteiger partial charge in [-0.05, 0) is 37.5 Å². The highest BCUT2D eigenvalue weighted by Gasteiger charge is 2.30. The van der Waals surface area contributed by atoms with Crippen LogP contribution in [-0.4, -0.2) is 96.7 Å². The molecule has 0 aliphatic carbocycles. The van der Waals surface area contributed by atoms with Gasteiger partial charge in [0, 0.05) is 25.7 Å². The Morgan fingerprint density at radius 1 is 0.276 bits per heavy atom. The summed E-state index contributed by atoms with van der Waals surface area (Å²) in [5, 5.41) is 10.7. The molecule has 3 N–H and O–H groups in total. The number of rotatable bonds is 85. The van der Waals surface area contributed by atoms with Gasteiger partial charge in [-0.25, -0.2) is 9.13 Å². The number of ether oxygens (including phenoxy) is 4. The molecule has 624 valence electrons. The molecule has 105 heavy (non-hydrogen) atoms. The molecule has 0 amide bonds. The second-order valence-electron chi connectivity index (χ2n) is 31.6. The second-order valence-corrected chi connectivity index (χ2v) is 34.6. The molecule has 0 aromatic heterocycles. The molecular formula is C86H168O17P2. The van der Waals surface area contributed by atoms with Crippen LogP contribution < -0.4 is 0 Å². The average Bonchev–Trinajstić information content (AvgIpc) is 0.909. The molecule has 0 rings (SSSR count). The van der Waals surface area contributed by atoms with Crippen molar-refractivity contribution in [2.45, 2.75) is 477 Å². The zero-order chi connectivity index (χ0) is 77.1. The van der Waals surface area contributed by atoms with Crippen LogP contribution in [0.5, 0.6) is 0 Å². The normalized spacial score (nSPS) is 14.1. The van der Waals surface area contributed by atoms with Crippen LogP contribution in [-0.2, 0) is 65.4 Å². The monoisotopic (exact) mass is 1540 g/mol. The molecule has 0 aliphatic heterocycles. The molecule has 0 spiro atoms. The van der Waals surface area contributed by atoms with Crippen molar-refractivity contribution in [2.24, 2.45) is 11.8 Å². The lowest BCUT2D eigenvalue weighted by atomic mass is 9.99. The van der Waals surface area contributed by atoms with E-state index in [9.17, 15) is 43.2 Å². The first-order chi connectivity index (χ1) is 50.9. The quantitative estimate of drug-likeness (QED) is 0.0222. The van der Waals surface area contributed by atoms with E-state index < -0.39 is 97.5 Å². The highest BCUT2D eigenvalue weighted by Crippen LogP contribution is 2.45. The van der Waals surface area contributed by atoms with Gasteiger partial charge in [-0.3, -0.25) is 37.3 Å². The summed E-state index contributed by atoms with van der Waals surface area (Å²) < 4.78 is 68.8. The zero-order valence-electron chi connectivity index (χ0n) is 69.0. The molecule has 6 atom stereocenters. The zero-order valence-corrected chi connectivity index (χ0v) is 70.8. The number of esters is 4. The van der Waals surface area contributed by atoms with E-state index in [1.165, 1.54) is 270 Å². The Labute approximate surface area is 645 Å². The molecule has 0 aliphatic rings. The van der Waals surface area contributed by atoms with E-state index in [-0.39, 0.29) is 25.7 Å². The number of carbonyl (C=O) groups excluding carboxylic acids is 4. The Bertz CT molecular complexity index is 2010. The van der Waals surface area contributed by atoms with Crippen LogP contribution in [0.15, 0.2) is 0 Å². The summed E-state index contributed by atoms with van der Waals surface area (Å²) in [6, 6.07) is 0. The van der Waals surface area contributed by atoms with E-state index in [1.807, 2.05) is 0 Å². The highest BCUT2D eigenvalue weighted by atomic mass is 31.2. The first kappa shape index (κ1) is 103. The number of phosphoric acid groups is 2. The van der Waals surface area contributed by atoms with E-state index in [1.54, 1.807) is 0 Å². The number of unbranched alkanes of at least 4 members (excludes halogenated alkanes) is 54. The molecule has 0 fully saturated rings. The Morgan fingerprint density at radius 2 is 0.486 bits per heavy atom. The van der Waals surface area contributed by atoms with Gasteiger partial charge in [-0.1, -0.05) is 408 Å². The van der Waals surface area contributed by atoms with Gasteiger partial charge in [0.15, 0.2) is 12.2 Å². The fourth-order valence-electron chi connectivity index (χ4n) is 13.4. The maximum Gasteiger partial charge on any atom is 0.472 e.